The predicted molar refractivity (Wildman–Crippen MR) is 78.1 cm³/mol. The Labute approximate surface area is 117 Å². The molecule has 0 spiro atoms. The molecule has 2 aliphatic rings. The van der Waals surface area contributed by atoms with E-state index in [2.05, 4.69) is 36.0 Å². The van der Waals surface area contributed by atoms with Gasteiger partial charge in [-0.15, -0.1) is 0 Å². The van der Waals surface area contributed by atoms with Gasteiger partial charge in [0.2, 0.25) is 5.91 Å². The van der Waals surface area contributed by atoms with E-state index in [0.29, 0.717) is 30.3 Å². The highest BCUT2D eigenvalue weighted by molar-refractivity contribution is 5.77. The Morgan fingerprint density at radius 2 is 2.16 bits per heavy atom. The van der Waals surface area contributed by atoms with Crippen LogP contribution in [0, 0.1) is 5.92 Å². The van der Waals surface area contributed by atoms with E-state index in [9.17, 15) is 4.79 Å². The number of piperidine rings is 1. The quantitative estimate of drug-likeness (QED) is 0.837. The average molecular weight is 267 g/mol. The molecule has 0 bridgehead atoms. The Kier molecular flexibility index (Phi) is 5.22. The minimum Gasteiger partial charge on any atom is -0.340 e. The largest absolute Gasteiger partial charge is 0.340 e. The molecule has 0 radical (unpaired) electrons. The molecule has 2 rings (SSSR count). The van der Waals surface area contributed by atoms with Crippen LogP contribution in [0.5, 0.6) is 0 Å². The van der Waals surface area contributed by atoms with E-state index in [0.717, 1.165) is 32.6 Å². The van der Waals surface area contributed by atoms with Gasteiger partial charge in [0.05, 0.1) is 0 Å². The van der Waals surface area contributed by atoms with E-state index in [1.165, 1.54) is 12.8 Å². The highest BCUT2D eigenvalue weighted by Gasteiger charge is 2.29. The monoisotopic (exact) mass is 267 g/mol. The second-order valence-corrected chi connectivity index (χ2v) is 6.27. The summed E-state index contributed by atoms with van der Waals surface area (Å²) in [6, 6.07) is 0.926. The molecule has 0 aromatic rings. The minimum absolute atomic E-state index is 0.345. The third-order valence-corrected chi connectivity index (χ3v) is 4.93. The molecule has 3 atom stereocenters. The number of carbonyl (C=O) groups excluding carboxylic acids is 1. The lowest BCUT2D eigenvalue weighted by Crippen LogP contribution is -2.54. The van der Waals surface area contributed by atoms with E-state index in [1.807, 2.05) is 0 Å². The first-order valence-corrected chi connectivity index (χ1v) is 7.83. The van der Waals surface area contributed by atoms with Gasteiger partial charge in [0, 0.05) is 38.1 Å². The topological polar surface area (TPSA) is 35.6 Å². The van der Waals surface area contributed by atoms with Gasteiger partial charge in [-0.05, 0) is 38.8 Å². The smallest absolute Gasteiger partial charge is 0.224 e. The summed E-state index contributed by atoms with van der Waals surface area (Å²) >= 11 is 0. The molecule has 2 fully saturated rings. The lowest BCUT2D eigenvalue weighted by molar-refractivity contribution is -0.135. The van der Waals surface area contributed by atoms with Crippen LogP contribution in [0.2, 0.25) is 0 Å². The number of amides is 1. The first-order valence-electron chi connectivity index (χ1n) is 7.83. The van der Waals surface area contributed by atoms with Crippen molar-refractivity contribution >= 4 is 5.91 Å². The zero-order valence-electron chi connectivity index (χ0n) is 12.7. The summed E-state index contributed by atoms with van der Waals surface area (Å²) < 4.78 is 0. The van der Waals surface area contributed by atoms with Crippen molar-refractivity contribution in [3.8, 4) is 0 Å². The van der Waals surface area contributed by atoms with Crippen LogP contribution in [0.25, 0.3) is 0 Å². The van der Waals surface area contributed by atoms with Crippen molar-refractivity contribution in [2.24, 2.45) is 5.92 Å². The number of hydrogen-bond acceptors (Lipinski definition) is 3. The van der Waals surface area contributed by atoms with E-state index in [1.54, 1.807) is 0 Å². The molecular weight excluding hydrogens is 238 g/mol. The lowest BCUT2D eigenvalue weighted by atomic mass is 9.90. The van der Waals surface area contributed by atoms with Crippen LogP contribution in [0.3, 0.4) is 0 Å². The molecule has 4 heteroatoms. The maximum atomic E-state index is 12.4. The van der Waals surface area contributed by atoms with Gasteiger partial charge in [-0.3, -0.25) is 9.69 Å². The number of rotatable bonds is 3. The first kappa shape index (κ1) is 14.8. The molecule has 0 aliphatic carbocycles. The number of piperazine rings is 1. The van der Waals surface area contributed by atoms with Gasteiger partial charge < -0.3 is 10.2 Å². The lowest BCUT2D eigenvalue weighted by Gasteiger charge is -2.40. The van der Waals surface area contributed by atoms with Gasteiger partial charge in [-0.25, -0.2) is 0 Å². The van der Waals surface area contributed by atoms with Crippen LogP contribution >= 0.6 is 0 Å². The fourth-order valence-corrected chi connectivity index (χ4v) is 3.32. The number of likely N-dealkylation sites (N-methyl/N-ethyl adjacent to an activating group) is 1. The van der Waals surface area contributed by atoms with Gasteiger partial charge >= 0.3 is 0 Å². The molecule has 19 heavy (non-hydrogen) atoms. The van der Waals surface area contributed by atoms with Gasteiger partial charge in [-0.1, -0.05) is 13.8 Å². The molecule has 2 aliphatic heterocycles. The summed E-state index contributed by atoms with van der Waals surface area (Å²) in [4.78, 5) is 16.9. The predicted octanol–water partition coefficient (Wildman–Crippen LogP) is 1.32. The molecule has 0 saturated carbocycles. The van der Waals surface area contributed by atoms with Crippen LogP contribution in [-0.4, -0.2) is 61.0 Å². The molecular formula is C15H29N3O. The van der Waals surface area contributed by atoms with E-state index < -0.39 is 0 Å². The fourth-order valence-electron chi connectivity index (χ4n) is 3.32. The normalized spacial score (nSPS) is 33.4. The zero-order chi connectivity index (χ0) is 13.8. The van der Waals surface area contributed by atoms with Crippen molar-refractivity contribution < 1.29 is 4.79 Å². The van der Waals surface area contributed by atoms with Crippen LogP contribution < -0.4 is 5.32 Å². The highest BCUT2D eigenvalue weighted by atomic mass is 16.2. The van der Waals surface area contributed by atoms with Gasteiger partial charge in [0.1, 0.15) is 0 Å². The second kappa shape index (κ2) is 6.71. The molecule has 1 N–H and O–H groups in total. The molecule has 0 aromatic heterocycles. The molecule has 1 amide bonds. The van der Waals surface area contributed by atoms with Crippen LogP contribution in [0.4, 0.5) is 0 Å². The second-order valence-electron chi connectivity index (χ2n) is 6.27. The summed E-state index contributed by atoms with van der Waals surface area (Å²) in [5, 5.41) is 3.51. The van der Waals surface area contributed by atoms with Gasteiger partial charge in [0.15, 0.2) is 0 Å². The van der Waals surface area contributed by atoms with Crippen molar-refractivity contribution in [3.63, 3.8) is 0 Å². The number of hydrogen-bond donors (Lipinski definition) is 1. The molecule has 110 valence electrons. The van der Waals surface area contributed by atoms with Crippen molar-refractivity contribution in [2.45, 2.75) is 51.6 Å². The van der Waals surface area contributed by atoms with E-state index in [4.69, 9.17) is 0 Å². The molecule has 4 nitrogen and oxygen atoms in total. The molecule has 2 heterocycles. The van der Waals surface area contributed by atoms with E-state index in [-0.39, 0.29) is 0 Å². The number of nitrogens with one attached hydrogen (secondary N) is 1. The zero-order valence-corrected chi connectivity index (χ0v) is 12.7. The van der Waals surface area contributed by atoms with Crippen molar-refractivity contribution in [1.29, 1.82) is 0 Å². The highest BCUT2D eigenvalue weighted by Crippen LogP contribution is 2.20. The Hall–Kier alpha value is -0.610. The van der Waals surface area contributed by atoms with Crippen molar-refractivity contribution in [2.75, 3.05) is 33.2 Å². The minimum atomic E-state index is 0.345. The average Bonchev–Trinajstić information content (AvgIpc) is 2.42. The van der Waals surface area contributed by atoms with Crippen molar-refractivity contribution in [1.82, 2.24) is 15.1 Å². The van der Waals surface area contributed by atoms with E-state index >= 15 is 0 Å². The third kappa shape index (κ3) is 3.69. The summed E-state index contributed by atoms with van der Waals surface area (Å²) in [7, 11) is 2.17. The fraction of sp³-hybridized carbons (Fsp3) is 0.933. The van der Waals surface area contributed by atoms with Gasteiger partial charge in [-0.2, -0.15) is 0 Å². The molecule has 0 aromatic carbocycles. The standard InChI is InChI=1S/C15H29N3O/c1-4-13-11-18(9-8-17(13)3)15(19)10-14-12(2)6-5-7-16-14/h12-14,16H,4-11H2,1-3H3. The number of carbonyl (C=O) groups is 1. The summed E-state index contributed by atoms with van der Waals surface area (Å²) in [6.45, 7) is 8.36. The SMILES string of the molecule is CCC1CN(C(=O)CC2NCCCC2C)CCN1C. The molecule has 3 unspecified atom stereocenters. The molecule has 2 saturated heterocycles. The van der Waals surface area contributed by atoms with Crippen LogP contribution in [0.15, 0.2) is 0 Å². The van der Waals surface area contributed by atoms with Crippen LogP contribution in [0.1, 0.15) is 39.5 Å². The number of nitrogens with zero attached hydrogens (tertiary/aromatic N) is 2. The summed E-state index contributed by atoms with van der Waals surface area (Å²) in [6.07, 6.45) is 4.31. The first-order chi connectivity index (χ1) is 9.11. The maximum Gasteiger partial charge on any atom is 0.224 e. The Morgan fingerprint density at radius 3 is 2.84 bits per heavy atom. The van der Waals surface area contributed by atoms with Crippen molar-refractivity contribution in [3.05, 3.63) is 0 Å². The summed E-state index contributed by atoms with van der Waals surface area (Å²) in [5.41, 5.74) is 0. The maximum absolute atomic E-state index is 12.4. The van der Waals surface area contributed by atoms with Crippen LogP contribution in [-0.2, 0) is 4.79 Å². The third-order valence-electron chi connectivity index (χ3n) is 4.93. The Bertz CT molecular complexity index is 308. The Balaban J connectivity index is 1.85. The summed E-state index contributed by atoms with van der Waals surface area (Å²) in [5.74, 6) is 0.977. The Morgan fingerprint density at radius 1 is 1.37 bits per heavy atom. The van der Waals surface area contributed by atoms with Gasteiger partial charge in [0.25, 0.3) is 0 Å².